The number of aliphatic hydroxyl groups is 1. The van der Waals surface area contributed by atoms with E-state index < -0.39 is 18.0 Å². The zero-order valence-corrected chi connectivity index (χ0v) is 8.52. The topological polar surface area (TPSA) is 89.9 Å². The summed E-state index contributed by atoms with van der Waals surface area (Å²) in [6, 6.07) is -1.78. The monoisotopic (exact) mass is 204 g/mol. The Morgan fingerprint density at radius 2 is 1.93 bits per heavy atom. The third-order valence-corrected chi connectivity index (χ3v) is 1.96. The quantitative estimate of drug-likeness (QED) is 0.575. The molecule has 0 aliphatic rings. The largest absolute Gasteiger partial charge is 0.480 e. The first kappa shape index (κ1) is 12.7. The number of carbonyl (C=O) groups is 2. The first-order chi connectivity index (χ1) is 6.40. The molecule has 0 spiro atoms. The van der Waals surface area contributed by atoms with Gasteiger partial charge in [-0.15, -0.1) is 0 Å². The Labute approximate surface area is 82.5 Å². The standard InChI is InChI=1S/C8H16N2O4/c1-5(4-11)10(3)8(14)9-6(2)7(12)13/h5-6,11H,4H2,1-3H3,(H,9,14)(H,12,13)/t5?,6-/m1/s1. The van der Waals surface area contributed by atoms with Crippen molar-refractivity contribution < 1.29 is 19.8 Å². The van der Waals surface area contributed by atoms with E-state index in [1.54, 1.807) is 6.92 Å². The fraction of sp³-hybridized carbons (Fsp3) is 0.750. The van der Waals surface area contributed by atoms with Gasteiger partial charge < -0.3 is 20.4 Å². The smallest absolute Gasteiger partial charge is 0.325 e. The highest BCUT2D eigenvalue weighted by atomic mass is 16.4. The van der Waals surface area contributed by atoms with Crippen LogP contribution in [0.3, 0.4) is 0 Å². The third kappa shape index (κ3) is 3.61. The van der Waals surface area contributed by atoms with Gasteiger partial charge >= 0.3 is 12.0 Å². The zero-order valence-electron chi connectivity index (χ0n) is 8.52. The minimum atomic E-state index is -1.09. The number of urea groups is 1. The van der Waals surface area contributed by atoms with Gasteiger partial charge in [0.2, 0.25) is 0 Å². The number of carbonyl (C=O) groups excluding carboxylic acids is 1. The maximum atomic E-state index is 11.3. The van der Waals surface area contributed by atoms with Crippen molar-refractivity contribution in [1.82, 2.24) is 10.2 Å². The van der Waals surface area contributed by atoms with Crippen molar-refractivity contribution in [2.75, 3.05) is 13.7 Å². The van der Waals surface area contributed by atoms with Gasteiger partial charge in [-0.1, -0.05) is 0 Å². The van der Waals surface area contributed by atoms with Crippen LogP contribution in [0.2, 0.25) is 0 Å². The van der Waals surface area contributed by atoms with E-state index in [9.17, 15) is 9.59 Å². The van der Waals surface area contributed by atoms with E-state index in [-0.39, 0.29) is 12.6 Å². The van der Waals surface area contributed by atoms with Crippen molar-refractivity contribution in [3.63, 3.8) is 0 Å². The van der Waals surface area contributed by atoms with Gasteiger partial charge in [-0.25, -0.2) is 4.79 Å². The molecule has 0 radical (unpaired) electrons. The van der Waals surface area contributed by atoms with E-state index in [0.717, 1.165) is 0 Å². The van der Waals surface area contributed by atoms with Crippen molar-refractivity contribution >= 4 is 12.0 Å². The number of amides is 2. The molecular weight excluding hydrogens is 188 g/mol. The van der Waals surface area contributed by atoms with Crippen LogP contribution in [0.25, 0.3) is 0 Å². The van der Waals surface area contributed by atoms with Crippen LogP contribution < -0.4 is 5.32 Å². The summed E-state index contributed by atoms with van der Waals surface area (Å²) in [6.07, 6.45) is 0. The lowest BCUT2D eigenvalue weighted by Crippen LogP contribution is -2.48. The van der Waals surface area contributed by atoms with Crippen LogP contribution in [-0.4, -0.2) is 52.9 Å². The average molecular weight is 204 g/mol. The van der Waals surface area contributed by atoms with E-state index in [0.29, 0.717) is 0 Å². The minimum Gasteiger partial charge on any atom is -0.480 e. The molecule has 0 aromatic heterocycles. The minimum absolute atomic E-state index is 0.161. The Hall–Kier alpha value is -1.30. The lowest BCUT2D eigenvalue weighted by Gasteiger charge is -2.24. The summed E-state index contributed by atoms with van der Waals surface area (Å²) < 4.78 is 0. The lowest BCUT2D eigenvalue weighted by atomic mass is 10.3. The van der Waals surface area contributed by atoms with Crippen molar-refractivity contribution in [3.8, 4) is 0 Å². The summed E-state index contributed by atoms with van der Waals surface area (Å²) in [7, 11) is 1.49. The summed E-state index contributed by atoms with van der Waals surface area (Å²) in [4.78, 5) is 23.0. The summed E-state index contributed by atoms with van der Waals surface area (Å²) in [5.41, 5.74) is 0. The highest BCUT2D eigenvalue weighted by molar-refractivity contribution is 5.82. The average Bonchev–Trinajstić information content (AvgIpc) is 2.14. The van der Waals surface area contributed by atoms with Gasteiger partial charge in [-0.05, 0) is 13.8 Å². The van der Waals surface area contributed by atoms with Gasteiger partial charge in [0.15, 0.2) is 0 Å². The molecule has 82 valence electrons. The number of likely N-dealkylation sites (N-methyl/N-ethyl adjacent to an activating group) is 1. The van der Waals surface area contributed by atoms with Crippen molar-refractivity contribution in [1.29, 1.82) is 0 Å². The molecule has 0 heterocycles. The number of aliphatic hydroxyl groups excluding tert-OH is 1. The first-order valence-electron chi connectivity index (χ1n) is 4.27. The molecule has 0 aromatic carbocycles. The molecule has 2 amide bonds. The molecule has 0 aliphatic carbocycles. The number of nitrogens with zero attached hydrogens (tertiary/aromatic N) is 1. The number of carboxylic acids is 1. The molecule has 0 rings (SSSR count). The molecule has 0 aromatic rings. The SMILES string of the molecule is CC(CO)N(C)C(=O)N[C@H](C)C(=O)O. The van der Waals surface area contributed by atoms with E-state index in [1.165, 1.54) is 18.9 Å². The lowest BCUT2D eigenvalue weighted by molar-refractivity contribution is -0.138. The second kappa shape index (κ2) is 5.43. The van der Waals surface area contributed by atoms with Gasteiger partial charge in [-0.3, -0.25) is 4.79 Å². The van der Waals surface area contributed by atoms with Crippen molar-refractivity contribution in [3.05, 3.63) is 0 Å². The Kier molecular flexibility index (Phi) is 4.93. The Balaban J connectivity index is 4.14. The molecule has 2 atom stereocenters. The van der Waals surface area contributed by atoms with Gasteiger partial charge in [0, 0.05) is 7.05 Å². The number of hydrogen-bond donors (Lipinski definition) is 3. The number of carboxylic acid groups (broad SMARTS) is 1. The summed E-state index contributed by atoms with van der Waals surface area (Å²) in [5.74, 6) is -1.09. The number of aliphatic carboxylic acids is 1. The van der Waals surface area contributed by atoms with E-state index in [4.69, 9.17) is 10.2 Å². The molecule has 6 nitrogen and oxygen atoms in total. The van der Waals surface area contributed by atoms with E-state index >= 15 is 0 Å². The highest BCUT2D eigenvalue weighted by Gasteiger charge is 2.19. The molecule has 6 heteroatoms. The highest BCUT2D eigenvalue weighted by Crippen LogP contribution is 1.95. The zero-order chi connectivity index (χ0) is 11.3. The molecule has 0 saturated heterocycles. The van der Waals surface area contributed by atoms with Crippen molar-refractivity contribution in [2.45, 2.75) is 25.9 Å². The van der Waals surface area contributed by atoms with Gasteiger partial charge in [0.25, 0.3) is 0 Å². The number of hydrogen-bond acceptors (Lipinski definition) is 3. The molecule has 3 N–H and O–H groups in total. The van der Waals surface area contributed by atoms with Crippen LogP contribution in [0, 0.1) is 0 Å². The maximum absolute atomic E-state index is 11.3. The van der Waals surface area contributed by atoms with Gasteiger partial charge in [-0.2, -0.15) is 0 Å². The fourth-order valence-electron chi connectivity index (χ4n) is 0.671. The molecule has 0 saturated carbocycles. The van der Waals surface area contributed by atoms with Crippen molar-refractivity contribution in [2.24, 2.45) is 0 Å². The molecular formula is C8H16N2O4. The Bertz CT molecular complexity index is 219. The van der Waals surface area contributed by atoms with Crippen LogP contribution in [0.4, 0.5) is 4.79 Å². The molecule has 1 unspecified atom stereocenters. The van der Waals surface area contributed by atoms with E-state index in [2.05, 4.69) is 5.32 Å². The molecule has 0 aliphatic heterocycles. The van der Waals surface area contributed by atoms with Gasteiger partial charge in [0.05, 0.1) is 12.6 Å². The fourth-order valence-corrected chi connectivity index (χ4v) is 0.671. The maximum Gasteiger partial charge on any atom is 0.325 e. The molecule has 0 bridgehead atoms. The number of rotatable bonds is 4. The predicted molar refractivity (Wildman–Crippen MR) is 49.9 cm³/mol. The van der Waals surface area contributed by atoms with Crippen LogP contribution in [0.5, 0.6) is 0 Å². The third-order valence-electron chi connectivity index (χ3n) is 1.96. The summed E-state index contributed by atoms with van der Waals surface area (Å²) >= 11 is 0. The van der Waals surface area contributed by atoms with Crippen LogP contribution in [0.1, 0.15) is 13.8 Å². The summed E-state index contributed by atoms with van der Waals surface area (Å²) in [5, 5.41) is 19.6. The van der Waals surface area contributed by atoms with Gasteiger partial charge in [0.1, 0.15) is 6.04 Å². The number of nitrogens with one attached hydrogen (secondary N) is 1. The molecule has 14 heavy (non-hydrogen) atoms. The normalized spacial score (nSPS) is 14.3. The predicted octanol–water partition coefficient (Wildman–Crippen LogP) is -0.518. The second-order valence-electron chi connectivity index (χ2n) is 3.15. The van der Waals surface area contributed by atoms with Crippen LogP contribution >= 0.6 is 0 Å². The second-order valence-corrected chi connectivity index (χ2v) is 3.15. The van der Waals surface area contributed by atoms with Crippen LogP contribution in [0.15, 0.2) is 0 Å². The summed E-state index contributed by atoms with van der Waals surface area (Å²) in [6.45, 7) is 2.87. The Morgan fingerprint density at radius 3 is 2.29 bits per heavy atom. The van der Waals surface area contributed by atoms with Crippen LogP contribution in [-0.2, 0) is 4.79 Å². The Morgan fingerprint density at radius 1 is 1.43 bits per heavy atom. The molecule has 0 fully saturated rings. The first-order valence-corrected chi connectivity index (χ1v) is 4.27. The van der Waals surface area contributed by atoms with E-state index in [1.807, 2.05) is 0 Å².